The van der Waals surface area contributed by atoms with Crippen molar-refractivity contribution in [3.63, 3.8) is 0 Å². The Labute approximate surface area is 128 Å². The molecular weight excluding hydrogens is 287 g/mol. The van der Waals surface area contributed by atoms with Gasteiger partial charge in [-0.25, -0.2) is 12.8 Å². The quantitative estimate of drug-likeness (QED) is 0.661. The molecule has 0 N–H and O–H groups in total. The average Bonchev–Trinajstić information content (AvgIpc) is 2.38. The largest absolute Gasteiger partial charge is 0.228 e. The highest BCUT2D eigenvalue weighted by molar-refractivity contribution is 7.92. The molecule has 1 aromatic rings. The van der Waals surface area contributed by atoms with Gasteiger partial charge in [-0.2, -0.15) is 0 Å². The monoisotopic (exact) mass is 314 g/mol. The van der Waals surface area contributed by atoms with Gasteiger partial charge in [-0.1, -0.05) is 31.4 Å². The Kier molecular flexibility index (Phi) is 6.85. The maximum absolute atomic E-state index is 12.7. The lowest BCUT2D eigenvalue weighted by atomic mass is 10.1. The molecule has 120 valence electrons. The van der Waals surface area contributed by atoms with E-state index in [1.807, 2.05) is 12.1 Å². The summed E-state index contributed by atoms with van der Waals surface area (Å²) in [5.74, 6) is 0.0906. The van der Waals surface area contributed by atoms with Crippen molar-refractivity contribution in [2.45, 2.75) is 64.0 Å². The molecule has 2 nitrogen and oxygen atoms in total. The smallest absolute Gasteiger partial charge is 0.155 e. The number of benzene rings is 1. The van der Waals surface area contributed by atoms with Crippen LogP contribution in [0.25, 0.3) is 0 Å². The number of rotatable bonds is 8. The summed E-state index contributed by atoms with van der Waals surface area (Å²) >= 11 is 0. The van der Waals surface area contributed by atoms with Gasteiger partial charge in [0.2, 0.25) is 0 Å². The van der Waals surface area contributed by atoms with Crippen molar-refractivity contribution < 1.29 is 12.8 Å². The van der Waals surface area contributed by atoms with Crippen LogP contribution >= 0.6 is 0 Å². The van der Waals surface area contributed by atoms with Gasteiger partial charge in [0.15, 0.2) is 9.84 Å². The Balaban J connectivity index is 2.12. The number of sulfone groups is 1. The number of hydrogen-bond acceptors (Lipinski definition) is 2. The van der Waals surface area contributed by atoms with Crippen molar-refractivity contribution in [3.8, 4) is 0 Å². The van der Waals surface area contributed by atoms with E-state index >= 15 is 0 Å². The van der Waals surface area contributed by atoms with Crippen molar-refractivity contribution in [2.75, 3.05) is 5.75 Å². The molecule has 0 aliphatic carbocycles. The molecule has 4 heteroatoms. The van der Waals surface area contributed by atoms with E-state index in [9.17, 15) is 12.8 Å². The SMILES string of the molecule is CC(C)(C)S(=O)(=O)CCCCCCCc1ccc(F)cc1. The molecule has 0 heterocycles. The van der Waals surface area contributed by atoms with Crippen LogP contribution in [0.15, 0.2) is 24.3 Å². The maximum atomic E-state index is 12.7. The van der Waals surface area contributed by atoms with E-state index in [0.717, 1.165) is 44.1 Å². The second kappa shape index (κ2) is 7.92. The number of aryl methyl sites for hydroxylation is 1. The van der Waals surface area contributed by atoms with Crippen LogP contribution in [0.3, 0.4) is 0 Å². The minimum Gasteiger partial charge on any atom is -0.228 e. The van der Waals surface area contributed by atoms with Gasteiger partial charge in [0.25, 0.3) is 0 Å². The highest BCUT2D eigenvalue weighted by Crippen LogP contribution is 2.18. The summed E-state index contributed by atoms with van der Waals surface area (Å²) in [7, 11) is -2.97. The Morgan fingerprint density at radius 1 is 0.905 bits per heavy atom. The average molecular weight is 314 g/mol. The first kappa shape index (κ1) is 18.1. The summed E-state index contributed by atoms with van der Waals surface area (Å²) in [5.41, 5.74) is 1.16. The van der Waals surface area contributed by atoms with Crippen molar-refractivity contribution in [2.24, 2.45) is 0 Å². The Morgan fingerprint density at radius 3 is 2.00 bits per heavy atom. The van der Waals surface area contributed by atoms with E-state index in [4.69, 9.17) is 0 Å². The Morgan fingerprint density at radius 2 is 1.43 bits per heavy atom. The van der Waals surface area contributed by atoms with Crippen molar-refractivity contribution in [1.29, 1.82) is 0 Å². The second-order valence-electron chi connectivity index (χ2n) is 6.58. The summed E-state index contributed by atoms with van der Waals surface area (Å²) in [5, 5.41) is 0. The Bertz CT molecular complexity index is 513. The van der Waals surface area contributed by atoms with Crippen LogP contribution in [0.4, 0.5) is 4.39 Å². The van der Waals surface area contributed by atoms with E-state index in [-0.39, 0.29) is 11.6 Å². The van der Waals surface area contributed by atoms with E-state index < -0.39 is 14.6 Å². The molecule has 0 unspecified atom stereocenters. The summed E-state index contributed by atoms with van der Waals surface area (Å²) in [6.07, 6.45) is 5.88. The molecule has 0 saturated carbocycles. The van der Waals surface area contributed by atoms with E-state index in [1.54, 1.807) is 20.8 Å². The number of unbranched alkanes of at least 4 members (excludes halogenated alkanes) is 4. The fraction of sp³-hybridized carbons (Fsp3) is 0.647. The lowest BCUT2D eigenvalue weighted by molar-refractivity contribution is 0.552. The molecule has 0 bridgehead atoms. The summed E-state index contributed by atoms with van der Waals surface area (Å²) < 4.78 is 35.9. The molecular formula is C17H27FO2S. The molecule has 0 atom stereocenters. The van der Waals surface area contributed by atoms with Crippen molar-refractivity contribution >= 4 is 9.84 Å². The first-order chi connectivity index (χ1) is 9.72. The molecule has 0 saturated heterocycles. The van der Waals surface area contributed by atoms with Gasteiger partial charge in [-0.05, 0) is 57.7 Å². The Hall–Kier alpha value is -0.900. The molecule has 0 aliphatic heterocycles. The summed E-state index contributed by atoms with van der Waals surface area (Å²) in [6.45, 7) is 5.26. The normalized spacial score (nSPS) is 12.6. The first-order valence-electron chi connectivity index (χ1n) is 7.69. The molecule has 1 rings (SSSR count). The van der Waals surface area contributed by atoms with Crippen molar-refractivity contribution in [3.05, 3.63) is 35.6 Å². The van der Waals surface area contributed by atoms with Crippen LogP contribution in [0.1, 0.15) is 58.4 Å². The van der Waals surface area contributed by atoms with Gasteiger partial charge in [0.05, 0.1) is 10.5 Å². The highest BCUT2D eigenvalue weighted by atomic mass is 32.2. The maximum Gasteiger partial charge on any atom is 0.155 e. The van der Waals surface area contributed by atoms with E-state index in [2.05, 4.69) is 0 Å². The summed E-state index contributed by atoms with van der Waals surface area (Å²) in [4.78, 5) is 0. The molecule has 0 fully saturated rings. The topological polar surface area (TPSA) is 34.1 Å². The fourth-order valence-electron chi connectivity index (χ4n) is 2.11. The van der Waals surface area contributed by atoms with Crippen LogP contribution in [0.2, 0.25) is 0 Å². The molecule has 1 aromatic carbocycles. The molecule has 0 aromatic heterocycles. The zero-order valence-electron chi connectivity index (χ0n) is 13.4. The minimum atomic E-state index is -2.97. The highest BCUT2D eigenvalue weighted by Gasteiger charge is 2.27. The van der Waals surface area contributed by atoms with Gasteiger partial charge in [0.1, 0.15) is 5.82 Å². The predicted molar refractivity (Wildman–Crippen MR) is 86.7 cm³/mol. The van der Waals surface area contributed by atoms with Crippen molar-refractivity contribution in [1.82, 2.24) is 0 Å². The predicted octanol–water partition coefficient (Wildman–Crippen LogP) is 4.53. The van der Waals surface area contributed by atoms with Crippen LogP contribution in [0.5, 0.6) is 0 Å². The van der Waals surface area contributed by atoms with Gasteiger partial charge < -0.3 is 0 Å². The third kappa shape index (κ3) is 6.60. The molecule has 0 amide bonds. The lowest BCUT2D eigenvalue weighted by Crippen LogP contribution is -2.30. The van der Waals surface area contributed by atoms with Gasteiger partial charge in [0, 0.05) is 0 Å². The number of halogens is 1. The number of hydrogen-bond donors (Lipinski definition) is 0. The third-order valence-electron chi connectivity index (χ3n) is 3.72. The lowest BCUT2D eigenvalue weighted by Gasteiger charge is -2.18. The minimum absolute atomic E-state index is 0.196. The van der Waals surface area contributed by atoms with Gasteiger partial charge >= 0.3 is 0 Å². The van der Waals surface area contributed by atoms with Crippen LogP contribution in [-0.2, 0) is 16.3 Å². The molecule has 0 spiro atoms. The third-order valence-corrected chi connectivity index (χ3v) is 6.42. The standard InChI is InChI=1S/C17H27FO2S/c1-17(2,3)21(19,20)14-8-6-4-5-7-9-15-10-12-16(18)13-11-15/h10-13H,4-9,14H2,1-3H3. The first-order valence-corrected chi connectivity index (χ1v) is 9.34. The van der Waals surface area contributed by atoms with Crippen LogP contribution in [0, 0.1) is 5.82 Å². The van der Waals surface area contributed by atoms with E-state index in [1.165, 1.54) is 12.1 Å². The fourth-order valence-corrected chi connectivity index (χ4v) is 3.31. The van der Waals surface area contributed by atoms with Gasteiger partial charge in [-0.15, -0.1) is 0 Å². The van der Waals surface area contributed by atoms with E-state index in [0.29, 0.717) is 0 Å². The zero-order chi connectivity index (χ0) is 15.9. The molecule has 0 aliphatic rings. The van der Waals surface area contributed by atoms with Gasteiger partial charge in [-0.3, -0.25) is 0 Å². The molecule has 21 heavy (non-hydrogen) atoms. The second-order valence-corrected chi connectivity index (χ2v) is 9.44. The molecule has 0 radical (unpaired) electrons. The summed E-state index contributed by atoms with van der Waals surface area (Å²) in [6, 6.07) is 6.63. The zero-order valence-corrected chi connectivity index (χ0v) is 14.2. The van der Waals surface area contributed by atoms with Crippen LogP contribution in [-0.4, -0.2) is 18.9 Å². The van der Waals surface area contributed by atoms with Crippen LogP contribution < -0.4 is 0 Å².